The molecular formula is C34H37ClF5N3O6. The molecule has 5 N–H and O–H groups in total. The van der Waals surface area contributed by atoms with Crippen LogP contribution in [0, 0.1) is 11.6 Å². The number of amides is 2. The van der Waals surface area contributed by atoms with Crippen LogP contribution in [-0.4, -0.2) is 68.0 Å². The predicted octanol–water partition coefficient (Wildman–Crippen LogP) is 6.21. The number of hydrogen-bond acceptors (Lipinski definition) is 6. The van der Waals surface area contributed by atoms with Crippen LogP contribution in [0.15, 0.2) is 54.6 Å². The summed E-state index contributed by atoms with van der Waals surface area (Å²) in [5.74, 6) is -5.58. The summed E-state index contributed by atoms with van der Waals surface area (Å²) in [5, 5.41) is 13.6. The third-order valence-corrected chi connectivity index (χ3v) is 8.15. The Labute approximate surface area is 284 Å². The summed E-state index contributed by atoms with van der Waals surface area (Å²) in [7, 11) is 1.50. The highest BCUT2D eigenvalue weighted by Crippen LogP contribution is 2.40. The molecule has 0 heterocycles. The minimum absolute atomic E-state index is 0.0347. The van der Waals surface area contributed by atoms with Crippen molar-refractivity contribution in [1.29, 1.82) is 0 Å². The van der Waals surface area contributed by atoms with Crippen molar-refractivity contribution < 1.29 is 50.9 Å². The van der Waals surface area contributed by atoms with E-state index in [-0.39, 0.29) is 58.7 Å². The van der Waals surface area contributed by atoms with E-state index in [1.807, 2.05) is 30.3 Å². The molecule has 1 saturated carbocycles. The van der Waals surface area contributed by atoms with E-state index >= 15 is 8.78 Å². The molecule has 1 aliphatic carbocycles. The van der Waals surface area contributed by atoms with Crippen molar-refractivity contribution >= 4 is 29.4 Å². The highest BCUT2D eigenvalue weighted by Gasteiger charge is 2.38. The Morgan fingerprint density at radius 2 is 1.61 bits per heavy atom. The van der Waals surface area contributed by atoms with Gasteiger partial charge in [0.25, 0.3) is 0 Å². The topological polar surface area (TPSA) is 140 Å². The fraction of sp³-hybridized carbons (Fsp3) is 0.382. The standard InChI is InChI=1S/C32H36ClF2N3O4.C2HF3O2/c1-19(39)38-22-10-8-21(9-11-22)37-18-26(20-6-4-3-5-7-20)24-16-25(27(33)17-28(24)34)30-23(32(36)40)12-13-29(31(30)35)42-15-14-41-2;3-2(4,5)1(6)7/h3-7,12-13,16-17,21-22,26,37H,8-11,14-15,18H2,1-2H3,(H2,36,40)(H,38,39);(H,6,7). The summed E-state index contributed by atoms with van der Waals surface area (Å²) in [6.07, 6.45) is -1.65. The maximum Gasteiger partial charge on any atom is 0.490 e. The van der Waals surface area contributed by atoms with E-state index in [1.54, 1.807) is 0 Å². The number of ether oxygens (including phenoxy) is 2. The van der Waals surface area contributed by atoms with Gasteiger partial charge >= 0.3 is 12.1 Å². The maximum absolute atomic E-state index is 15.9. The van der Waals surface area contributed by atoms with Crippen molar-refractivity contribution in [1.82, 2.24) is 10.6 Å². The van der Waals surface area contributed by atoms with Crippen LogP contribution >= 0.6 is 11.6 Å². The largest absolute Gasteiger partial charge is 0.490 e. The summed E-state index contributed by atoms with van der Waals surface area (Å²) in [6.45, 7) is 2.24. The number of alkyl halides is 3. The van der Waals surface area contributed by atoms with Gasteiger partial charge in [-0.1, -0.05) is 41.9 Å². The molecular weight excluding hydrogens is 677 g/mol. The fourth-order valence-corrected chi connectivity index (χ4v) is 5.75. The Kier molecular flexibility index (Phi) is 14.3. The first-order valence-corrected chi connectivity index (χ1v) is 15.6. The van der Waals surface area contributed by atoms with Crippen molar-refractivity contribution in [2.75, 3.05) is 26.9 Å². The van der Waals surface area contributed by atoms with E-state index in [0.29, 0.717) is 12.1 Å². The second-order valence-electron chi connectivity index (χ2n) is 11.3. The summed E-state index contributed by atoms with van der Waals surface area (Å²) in [4.78, 5) is 32.7. The number of methoxy groups -OCH3 is 1. The van der Waals surface area contributed by atoms with Crippen molar-refractivity contribution in [3.05, 3.63) is 87.9 Å². The third-order valence-electron chi connectivity index (χ3n) is 7.84. The number of carbonyl (C=O) groups excluding carboxylic acids is 2. The van der Waals surface area contributed by atoms with Crippen LogP contribution in [0.1, 0.15) is 60.0 Å². The third kappa shape index (κ3) is 11.1. The highest BCUT2D eigenvalue weighted by atomic mass is 35.5. The lowest BCUT2D eigenvalue weighted by atomic mass is 9.86. The van der Waals surface area contributed by atoms with Crippen molar-refractivity contribution in [2.24, 2.45) is 5.73 Å². The molecule has 1 unspecified atom stereocenters. The van der Waals surface area contributed by atoms with Crippen molar-refractivity contribution in [3.8, 4) is 16.9 Å². The maximum atomic E-state index is 15.9. The smallest absolute Gasteiger partial charge is 0.488 e. The molecule has 9 nitrogen and oxygen atoms in total. The summed E-state index contributed by atoms with van der Waals surface area (Å²) < 4.78 is 73.8. The Bertz CT molecular complexity index is 1600. The zero-order chi connectivity index (χ0) is 36.3. The lowest BCUT2D eigenvalue weighted by molar-refractivity contribution is -0.192. The number of carbonyl (C=O) groups is 3. The predicted molar refractivity (Wildman–Crippen MR) is 173 cm³/mol. The van der Waals surface area contributed by atoms with Gasteiger partial charge in [-0.25, -0.2) is 13.6 Å². The average Bonchev–Trinajstić information content (AvgIpc) is 3.04. The second kappa shape index (κ2) is 17.9. The normalized spacial score (nSPS) is 16.6. The first kappa shape index (κ1) is 39.2. The molecule has 2 amide bonds. The lowest BCUT2D eigenvalue weighted by Gasteiger charge is -2.31. The number of nitrogens with one attached hydrogen (secondary N) is 2. The number of carboxylic acids is 1. The van der Waals surface area contributed by atoms with Gasteiger partial charge in [-0.15, -0.1) is 0 Å². The Morgan fingerprint density at radius 3 is 2.16 bits per heavy atom. The van der Waals surface area contributed by atoms with Gasteiger partial charge in [0, 0.05) is 49.7 Å². The van der Waals surface area contributed by atoms with E-state index in [9.17, 15) is 22.8 Å². The van der Waals surface area contributed by atoms with Gasteiger partial charge in [0.05, 0.1) is 17.2 Å². The number of halogens is 6. The zero-order valence-electron chi connectivity index (χ0n) is 26.7. The number of primary amides is 1. The van der Waals surface area contributed by atoms with E-state index in [4.69, 9.17) is 36.7 Å². The van der Waals surface area contributed by atoms with Crippen LogP contribution in [0.5, 0.6) is 5.75 Å². The van der Waals surface area contributed by atoms with E-state index in [0.717, 1.165) is 37.3 Å². The van der Waals surface area contributed by atoms with Crippen LogP contribution in [0.4, 0.5) is 22.0 Å². The molecule has 49 heavy (non-hydrogen) atoms. The van der Waals surface area contributed by atoms with E-state index < -0.39 is 35.6 Å². The molecule has 1 fully saturated rings. The molecule has 15 heteroatoms. The Morgan fingerprint density at radius 1 is 1.00 bits per heavy atom. The van der Waals surface area contributed by atoms with E-state index in [2.05, 4.69) is 10.6 Å². The number of nitrogens with two attached hydrogens (primary N) is 1. The molecule has 3 aromatic carbocycles. The minimum Gasteiger partial charge on any atom is -0.488 e. The Hall–Kier alpha value is -4.27. The van der Waals surface area contributed by atoms with Gasteiger partial charge in [-0.05, 0) is 61.1 Å². The van der Waals surface area contributed by atoms with Crippen LogP contribution in [0.25, 0.3) is 11.1 Å². The molecule has 0 aromatic heterocycles. The van der Waals surface area contributed by atoms with Crippen LogP contribution in [-0.2, 0) is 14.3 Å². The lowest BCUT2D eigenvalue weighted by Crippen LogP contribution is -2.42. The number of benzene rings is 3. The molecule has 1 aliphatic rings. The van der Waals surface area contributed by atoms with E-state index in [1.165, 1.54) is 32.2 Å². The van der Waals surface area contributed by atoms with Gasteiger partial charge < -0.3 is 30.9 Å². The number of aliphatic carboxylic acids is 1. The molecule has 0 saturated heterocycles. The van der Waals surface area contributed by atoms with Gasteiger partial charge in [-0.2, -0.15) is 13.2 Å². The molecule has 0 aliphatic heterocycles. The summed E-state index contributed by atoms with van der Waals surface area (Å²) >= 11 is 6.50. The minimum atomic E-state index is -5.08. The summed E-state index contributed by atoms with van der Waals surface area (Å²) in [5.41, 5.74) is 6.64. The molecule has 3 aromatic rings. The van der Waals surface area contributed by atoms with Gasteiger partial charge in [0.2, 0.25) is 11.8 Å². The molecule has 266 valence electrons. The van der Waals surface area contributed by atoms with Crippen LogP contribution in [0.3, 0.4) is 0 Å². The first-order valence-electron chi connectivity index (χ1n) is 15.2. The molecule has 1 atom stereocenters. The number of carboxylic acid groups (broad SMARTS) is 1. The van der Waals surface area contributed by atoms with Gasteiger partial charge in [-0.3, -0.25) is 9.59 Å². The van der Waals surface area contributed by atoms with Crippen molar-refractivity contribution in [2.45, 2.75) is 56.8 Å². The van der Waals surface area contributed by atoms with Crippen LogP contribution in [0.2, 0.25) is 5.02 Å². The average molecular weight is 714 g/mol. The second-order valence-corrected chi connectivity index (χ2v) is 11.7. The quantitative estimate of drug-likeness (QED) is 0.129. The number of rotatable bonds is 12. The zero-order valence-corrected chi connectivity index (χ0v) is 27.5. The first-order chi connectivity index (χ1) is 23.1. The molecule has 0 spiro atoms. The van der Waals surface area contributed by atoms with Crippen molar-refractivity contribution in [3.63, 3.8) is 0 Å². The molecule has 0 radical (unpaired) electrons. The highest BCUT2D eigenvalue weighted by molar-refractivity contribution is 6.33. The molecule has 0 bridgehead atoms. The number of hydrogen-bond donors (Lipinski definition) is 4. The monoisotopic (exact) mass is 713 g/mol. The Balaban J connectivity index is 0.000000838. The van der Waals surface area contributed by atoms with Gasteiger partial charge in [0.15, 0.2) is 11.6 Å². The van der Waals surface area contributed by atoms with Crippen LogP contribution < -0.4 is 21.1 Å². The van der Waals surface area contributed by atoms with Gasteiger partial charge in [0.1, 0.15) is 12.4 Å². The summed E-state index contributed by atoms with van der Waals surface area (Å²) in [6, 6.07) is 15.1. The molecule has 4 rings (SSSR count). The fourth-order valence-electron chi connectivity index (χ4n) is 5.50. The SMILES string of the molecule is COCCOc1ccc(C(N)=O)c(-c2cc(C(CNC3CCC(NC(C)=O)CC3)c3ccccc3)c(F)cc2Cl)c1F.O=C(O)C(F)(F)F.